The molecule has 2 atom stereocenters. The van der Waals surface area contributed by atoms with E-state index in [1.54, 1.807) is 0 Å². The van der Waals surface area contributed by atoms with E-state index in [2.05, 4.69) is 17.1 Å². The van der Waals surface area contributed by atoms with E-state index in [1.807, 2.05) is 18.2 Å². The van der Waals surface area contributed by atoms with Gasteiger partial charge in [0.05, 0.1) is 11.8 Å². The number of carbonyl (C=O) groups is 1. The summed E-state index contributed by atoms with van der Waals surface area (Å²) < 4.78 is 5.33. The molecule has 1 aromatic carbocycles. The lowest BCUT2D eigenvalue weighted by Crippen LogP contribution is -2.40. The Morgan fingerprint density at radius 3 is 3.14 bits per heavy atom. The summed E-state index contributed by atoms with van der Waals surface area (Å²) >= 11 is 0. The van der Waals surface area contributed by atoms with Crippen molar-refractivity contribution in [2.75, 3.05) is 25.0 Å². The van der Waals surface area contributed by atoms with Crippen molar-refractivity contribution in [2.45, 2.75) is 38.3 Å². The lowest BCUT2D eigenvalue weighted by molar-refractivity contribution is -0.118. The van der Waals surface area contributed by atoms with Gasteiger partial charge in [-0.05, 0) is 44.0 Å². The van der Waals surface area contributed by atoms with E-state index in [1.165, 1.54) is 19.3 Å². The fourth-order valence-electron chi connectivity index (χ4n) is 3.06. The minimum absolute atomic E-state index is 0.0557. The summed E-state index contributed by atoms with van der Waals surface area (Å²) in [6.07, 6.45) is 3.12. The highest BCUT2D eigenvalue weighted by Crippen LogP contribution is 2.31. The topological polar surface area (TPSA) is 61.8 Å². The van der Waals surface area contributed by atoms with Gasteiger partial charge < -0.3 is 15.2 Å². The smallest absolute Gasteiger partial charge is 0.262 e. The van der Waals surface area contributed by atoms with Crippen LogP contribution in [0.1, 0.15) is 37.9 Å². The van der Waals surface area contributed by atoms with Crippen LogP contribution in [0.4, 0.5) is 5.69 Å². The summed E-state index contributed by atoms with van der Waals surface area (Å²) in [6.45, 7) is 3.95. The normalized spacial score (nSPS) is 23.9. The third kappa shape index (κ3) is 3.19. The molecule has 1 amide bonds. The highest BCUT2D eigenvalue weighted by molar-refractivity contribution is 5.95. The number of anilines is 1. The fraction of sp³-hybridized carbons (Fsp3) is 0.562. The monoisotopic (exact) mass is 290 g/mol. The van der Waals surface area contributed by atoms with E-state index in [0.717, 1.165) is 12.1 Å². The van der Waals surface area contributed by atoms with Crippen molar-refractivity contribution in [3.8, 4) is 5.75 Å². The second-order valence-electron chi connectivity index (χ2n) is 5.95. The van der Waals surface area contributed by atoms with Crippen LogP contribution in [0.3, 0.4) is 0 Å². The van der Waals surface area contributed by atoms with Crippen LogP contribution in [0, 0.1) is 0 Å². The number of nitrogens with zero attached hydrogens (tertiary/aromatic N) is 1. The second-order valence-corrected chi connectivity index (χ2v) is 5.95. The number of carbonyl (C=O) groups excluding carboxylic acids is 1. The molecule has 5 nitrogen and oxygen atoms in total. The van der Waals surface area contributed by atoms with Crippen LogP contribution in [0.5, 0.6) is 5.75 Å². The van der Waals surface area contributed by atoms with Crippen LogP contribution in [0.15, 0.2) is 18.2 Å². The molecule has 1 saturated heterocycles. The summed E-state index contributed by atoms with van der Waals surface area (Å²) in [5.41, 5.74) is 1.46. The van der Waals surface area contributed by atoms with Crippen LogP contribution in [0.2, 0.25) is 0 Å². The molecule has 3 rings (SSSR count). The number of fused-ring (bicyclic) bond motifs is 1. The molecule has 21 heavy (non-hydrogen) atoms. The number of amides is 1. The SMILES string of the molecule is CC1CCCCN1CC(O)c1ccc2c(c1)NC(=O)CO2. The molecule has 0 aromatic heterocycles. The third-order valence-electron chi connectivity index (χ3n) is 4.37. The van der Waals surface area contributed by atoms with Crippen LogP contribution >= 0.6 is 0 Å². The Bertz CT molecular complexity index is 532. The number of likely N-dealkylation sites (tertiary alicyclic amines) is 1. The Kier molecular flexibility index (Phi) is 4.12. The van der Waals surface area contributed by atoms with E-state index >= 15 is 0 Å². The first kappa shape index (κ1) is 14.4. The molecule has 2 aliphatic heterocycles. The summed E-state index contributed by atoms with van der Waals surface area (Å²) in [6, 6.07) is 6.02. The van der Waals surface area contributed by atoms with E-state index in [9.17, 15) is 9.90 Å². The molecule has 0 spiro atoms. The van der Waals surface area contributed by atoms with Gasteiger partial charge in [-0.1, -0.05) is 12.5 Å². The molecular weight excluding hydrogens is 268 g/mol. The molecule has 1 fully saturated rings. The maximum atomic E-state index is 11.4. The van der Waals surface area contributed by atoms with Gasteiger partial charge in [0.1, 0.15) is 5.75 Å². The lowest BCUT2D eigenvalue weighted by Gasteiger charge is -2.34. The Morgan fingerprint density at radius 1 is 1.48 bits per heavy atom. The van der Waals surface area contributed by atoms with Gasteiger partial charge in [-0.15, -0.1) is 0 Å². The van der Waals surface area contributed by atoms with Crippen molar-refractivity contribution in [3.63, 3.8) is 0 Å². The van der Waals surface area contributed by atoms with Crippen LogP contribution < -0.4 is 10.1 Å². The lowest BCUT2D eigenvalue weighted by atomic mass is 10.0. The van der Waals surface area contributed by atoms with Crippen LogP contribution in [0.25, 0.3) is 0 Å². The molecule has 0 bridgehead atoms. The number of aliphatic hydroxyl groups excluding tert-OH is 1. The molecular formula is C16H22N2O3. The first-order chi connectivity index (χ1) is 10.1. The van der Waals surface area contributed by atoms with Gasteiger partial charge in [0, 0.05) is 12.6 Å². The number of benzene rings is 1. The highest BCUT2D eigenvalue weighted by Gasteiger charge is 2.23. The number of ether oxygens (including phenoxy) is 1. The number of piperidine rings is 1. The highest BCUT2D eigenvalue weighted by atomic mass is 16.5. The fourth-order valence-corrected chi connectivity index (χ4v) is 3.06. The standard InChI is InChI=1S/C16H22N2O3/c1-11-4-2-3-7-18(11)9-14(19)12-5-6-15-13(8-12)17-16(20)10-21-15/h5-6,8,11,14,19H,2-4,7,9-10H2,1H3,(H,17,20). The van der Waals surface area contributed by atoms with E-state index in [4.69, 9.17) is 4.74 Å². The van der Waals surface area contributed by atoms with Crippen molar-refractivity contribution in [1.82, 2.24) is 4.90 Å². The average molecular weight is 290 g/mol. The summed E-state index contributed by atoms with van der Waals surface area (Å²) in [7, 11) is 0. The Morgan fingerprint density at radius 2 is 2.33 bits per heavy atom. The Labute approximate surface area is 124 Å². The molecule has 0 radical (unpaired) electrons. The second kappa shape index (κ2) is 6.03. The minimum Gasteiger partial charge on any atom is -0.482 e. The minimum atomic E-state index is -0.547. The molecule has 1 aromatic rings. The molecule has 2 heterocycles. The van der Waals surface area contributed by atoms with Gasteiger partial charge >= 0.3 is 0 Å². The first-order valence-electron chi connectivity index (χ1n) is 7.62. The maximum Gasteiger partial charge on any atom is 0.262 e. The number of rotatable bonds is 3. The van der Waals surface area contributed by atoms with Gasteiger partial charge in [-0.2, -0.15) is 0 Å². The van der Waals surface area contributed by atoms with Crippen molar-refractivity contribution >= 4 is 11.6 Å². The third-order valence-corrected chi connectivity index (χ3v) is 4.37. The number of hydrogen-bond acceptors (Lipinski definition) is 4. The molecule has 2 N–H and O–H groups in total. The zero-order valence-corrected chi connectivity index (χ0v) is 12.3. The van der Waals surface area contributed by atoms with E-state index in [-0.39, 0.29) is 12.5 Å². The van der Waals surface area contributed by atoms with Crippen molar-refractivity contribution < 1.29 is 14.6 Å². The zero-order chi connectivity index (χ0) is 14.8. The van der Waals surface area contributed by atoms with Gasteiger partial charge in [0.2, 0.25) is 0 Å². The summed E-state index contributed by atoms with van der Waals surface area (Å²) in [5.74, 6) is 0.510. The van der Waals surface area contributed by atoms with Crippen LogP contribution in [-0.4, -0.2) is 41.7 Å². The number of hydrogen-bond donors (Lipinski definition) is 2. The van der Waals surface area contributed by atoms with Gasteiger partial charge in [-0.25, -0.2) is 0 Å². The molecule has 114 valence electrons. The molecule has 0 aliphatic carbocycles. The quantitative estimate of drug-likeness (QED) is 0.893. The molecule has 2 aliphatic rings. The maximum absolute atomic E-state index is 11.4. The van der Waals surface area contributed by atoms with E-state index < -0.39 is 6.10 Å². The molecule has 5 heteroatoms. The summed E-state index contributed by atoms with van der Waals surface area (Å²) in [5, 5.41) is 13.2. The predicted octanol–water partition coefficient (Wildman–Crippen LogP) is 1.93. The van der Waals surface area contributed by atoms with Crippen molar-refractivity contribution in [1.29, 1.82) is 0 Å². The molecule has 2 unspecified atom stereocenters. The van der Waals surface area contributed by atoms with Gasteiger partial charge in [0.25, 0.3) is 5.91 Å². The van der Waals surface area contributed by atoms with Gasteiger partial charge in [-0.3, -0.25) is 9.69 Å². The number of aliphatic hydroxyl groups is 1. The zero-order valence-electron chi connectivity index (χ0n) is 12.3. The Hall–Kier alpha value is -1.59. The Balaban J connectivity index is 1.71. The van der Waals surface area contributed by atoms with Crippen molar-refractivity contribution in [2.24, 2.45) is 0 Å². The molecule has 0 saturated carbocycles. The largest absolute Gasteiger partial charge is 0.482 e. The predicted molar refractivity (Wildman–Crippen MR) is 80.4 cm³/mol. The van der Waals surface area contributed by atoms with E-state index in [0.29, 0.717) is 24.0 Å². The number of β-amino-alcohol motifs (C(OH)–C–C–N with tert-alkyl or cyclic N) is 1. The number of nitrogens with one attached hydrogen (secondary N) is 1. The average Bonchev–Trinajstić information content (AvgIpc) is 2.48. The van der Waals surface area contributed by atoms with Crippen molar-refractivity contribution in [3.05, 3.63) is 23.8 Å². The van der Waals surface area contributed by atoms with Gasteiger partial charge in [0.15, 0.2) is 6.61 Å². The first-order valence-corrected chi connectivity index (χ1v) is 7.62. The van der Waals surface area contributed by atoms with Crippen LogP contribution in [-0.2, 0) is 4.79 Å². The summed E-state index contributed by atoms with van der Waals surface area (Å²) in [4.78, 5) is 13.7.